The van der Waals surface area contributed by atoms with E-state index in [2.05, 4.69) is 20.3 Å². The standard InChI is InChI=1S/C27H26Cl2N6O2/c28-18-4-6-22-23(14-18)33-25(32-22)24(12-16-7-9-31-10-8-16)34-26(36)17-3-5-20(21(29)13-17)27(37)35-11-1-2-19(35)15-30/h3-10,13-14,19,24H,1-2,11-12,15,30H2,(H,32,33)(H,34,36)/t19?,24-/m0/s1. The van der Waals surface area contributed by atoms with Crippen molar-refractivity contribution < 1.29 is 9.59 Å². The van der Waals surface area contributed by atoms with Gasteiger partial charge in [0.2, 0.25) is 0 Å². The van der Waals surface area contributed by atoms with Crippen LogP contribution in [0.25, 0.3) is 11.0 Å². The zero-order chi connectivity index (χ0) is 25.9. The summed E-state index contributed by atoms with van der Waals surface area (Å²) in [4.78, 5) is 40.2. The van der Waals surface area contributed by atoms with Crippen molar-refractivity contribution in [2.24, 2.45) is 5.73 Å². The highest BCUT2D eigenvalue weighted by atomic mass is 35.5. The van der Waals surface area contributed by atoms with Crippen LogP contribution in [0.1, 0.15) is 51.0 Å². The van der Waals surface area contributed by atoms with Crippen LogP contribution in [0.2, 0.25) is 10.0 Å². The molecule has 3 heterocycles. The van der Waals surface area contributed by atoms with E-state index in [0.717, 1.165) is 23.9 Å². The van der Waals surface area contributed by atoms with Crippen LogP contribution in [-0.4, -0.2) is 50.8 Å². The van der Waals surface area contributed by atoms with Gasteiger partial charge in [0.05, 0.1) is 27.7 Å². The summed E-state index contributed by atoms with van der Waals surface area (Å²) in [5.74, 6) is 0.100. The van der Waals surface area contributed by atoms with Gasteiger partial charge >= 0.3 is 0 Å². The summed E-state index contributed by atoms with van der Waals surface area (Å²) in [5.41, 5.74) is 9.04. The normalized spacial score (nSPS) is 16.2. The first-order chi connectivity index (χ1) is 17.9. The third-order valence-electron chi connectivity index (χ3n) is 6.66. The number of rotatable bonds is 7. The van der Waals surface area contributed by atoms with Crippen LogP contribution >= 0.6 is 23.2 Å². The zero-order valence-corrected chi connectivity index (χ0v) is 21.5. The van der Waals surface area contributed by atoms with Crippen LogP contribution in [-0.2, 0) is 6.42 Å². The lowest BCUT2D eigenvalue weighted by Gasteiger charge is -2.24. The maximum atomic E-state index is 13.3. The molecule has 5 rings (SSSR count). The van der Waals surface area contributed by atoms with Gasteiger partial charge in [0, 0.05) is 42.1 Å². The molecule has 37 heavy (non-hydrogen) atoms. The van der Waals surface area contributed by atoms with Crippen LogP contribution in [0, 0.1) is 0 Å². The van der Waals surface area contributed by atoms with Crippen LogP contribution < -0.4 is 11.1 Å². The number of nitrogens with one attached hydrogen (secondary N) is 2. The highest BCUT2D eigenvalue weighted by Gasteiger charge is 2.30. The van der Waals surface area contributed by atoms with Crippen molar-refractivity contribution in [1.29, 1.82) is 0 Å². The molecule has 0 spiro atoms. The van der Waals surface area contributed by atoms with Crippen LogP contribution in [0.3, 0.4) is 0 Å². The minimum atomic E-state index is -0.462. The van der Waals surface area contributed by atoms with E-state index in [0.29, 0.717) is 47.0 Å². The maximum Gasteiger partial charge on any atom is 0.255 e. The largest absolute Gasteiger partial charge is 0.342 e. The van der Waals surface area contributed by atoms with Crippen LogP contribution in [0.15, 0.2) is 60.9 Å². The second kappa shape index (κ2) is 10.9. The molecule has 0 saturated carbocycles. The summed E-state index contributed by atoms with van der Waals surface area (Å²) in [7, 11) is 0. The van der Waals surface area contributed by atoms with Crippen molar-refractivity contribution in [1.82, 2.24) is 25.2 Å². The SMILES string of the molecule is NCC1CCCN1C(=O)c1ccc(C(=O)N[C@@H](Cc2ccncc2)c2nc3cc(Cl)ccc3[nH]2)cc1Cl. The van der Waals surface area contributed by atoms with Crippen molar-refractivity contribution in [3.05, 3.63) is 93.5 Å². The van der Waals surface area contributed by atoms with E-state index in [1.54, 1.807) is 41.6 Å². The Bertz CT molecular complexity index is 1440. The molecule has 0 radical (unpaired) electrons. The Morgan fingerprint density at radius 1 is 1.14 bits per heavy atom. The molecule has 0 bridgehead atoms. The Labute approximate surface area is 224 Å². The third kappa shape index (κ3) is 5.46. The number of H-pyrrole nitrogens is 1. The Morgan fingerprint density at radius 2 is 1.95 bits per heavy atom. The number of nitrogens with zero attached hydrogens (tertiary/aromatic N) is 3. The average Bonchev–Trinajstić information content (AvgIpc) is 3.55. The lowest BCUT2D eigenvalue weighted by atomic mass is 10.1. The smallest absolute Gasteiger partial charge is 0.255 e. The molecule has 2 atom stereocenters. The number of likely N-dealkylation sites (tertiary alicyclic amines) is 1. The molecule has 4 aromatic rings. The summed E-state index contributed by atoms with van der Waals surface area (Å²) in [6, 6.07) is 13.5. The molecule has 2 aromatic heterocycles. The number of pyridine rings is 1. The van der Waals surface area contributed by atoms with E-state index in [-0.39, 0.29) is 22.9 Å². The fourth-order valence-corrected chi connectivity index (χ4v) is 5.14. The van der Waals surface area contributed by atoms with E-state index < -0.39 is 6.04 Å². The average molecular weight is 537 g/mol. The lowest BCUT2D eigenvalue weighted by Crippen LogP contribution is -2.40. The summed E-state index contributed by atoms with van der Waals surface area (Å²) in [5, 5.41) is 3.87. The van der Waals surface area contributed by atoms with E-state index in [1.165, 1.54) is 6.07 Å². The van der Waals surface area contributed by atoms with E-state index in [9.17, 15) is 9.59 Å². The Balaban J connectivity index is 1.39. The fraction of sp³-hybridized carbons (Fsp3) is 0.259. The van der Waals surface area contributed by atoms with Gasteiger partial charge in [-0.05, 0) is 73.4 Å². The number of carbonyl (C=O) groups excluding carboxylic acids is 2. The second-order valence-electron chi connectivity index (χ2n) is 9.09. The van der Waals surface area contributed by atoms with Crippen molar-refractivity contribution >= 4 is 46.0 Å². The number of aromatic amines is 1. The van der Waals surface area contributed by atoms with Crippen molar-refractivity contribution in [2.45, 2.75) is 31.3 Å². The number of carbonyl (C=O) groups is 2. The molecule has 1 aliphatic rings. The molecule has 4 N–H and O–H groups in total. The number of imidazole rings is 1. The van der Waals surface area contributed by atoms with Gasteiger partial charge in [-0.1, -0.05) is 23.2 Å². The topological polar surface area (TPSA) is 117 Å². The van der Waals surface area contributed by atoms with Gasteiger partial charge in [-0.3, -0.25) is 14.6 Å². The lowest BCUT2D eigenvalue weighted by molar-refractivity contribution is 0.0740. The number of fused-ring (bicyclic) bond motifs is 1. The Hall–Kier alpha value is -3.46. The van der Waals surface area contributed by atoms with E-state index in [4.69, 9.17) is 28.9 Å². The van der Waals surface area contributed by atoms with Crippen LogP contribution in [0.4, 0.5) is 0 Å². The van der Waals surface area contributed by atoms with E-state index in [1.807, 2.05) is 18.2 Å². The third-order valence-corrected chi connectivity index (χ3v) is 7.21. The Kier molecular flexibility index (Phi) is 7.41. The van der Waals surface area contributed by atoms with Gasteiger partial charge in [-0.15, -0.1) is 0 Å². The molecule has 190 valence electrons. The molecule has 1 aliphatic heterocycles. The number of halogens is 2. The first kappa shape index (κ1) is 25.2. The predicted molar refractivity (Wildman–Crippen MR) is 144 cm³/mol. The van der Waals surface area contributed by atoms with Crippen molar-refractivity contribution in [3.63, 3.8) is 0 Å². The number of hydrogen-bond acceptors (Lipinski definition) is 5. The molecular formula is C27H26Cl2N6O2. The molecule has 1 saturated heterocycles. The number of nitrogens with two attached hydrogens (primary N) is 1. The molecule has 8 nitrogen and oxygen atoms in total. The summed E-state index contributed by atoms with van der Waals surface area (Å²) in [6.07, 6.45) is 5.70. The second-order valence-corrected chi connectivity index (χ2v) is 9.94. The monoisotopic (exact) mass is 536 g/mol. The number of benzene rings is 2. The summed E-state index contributed by atoms with van der Waals surface area (Å²) < 4.78 is 0. The predicted octanol–water partition coefficient (Wildman–Crippen LogP) is 4.54. The first-order valence-electron chi connectivity index (χ1n) is 12.1. The van der Waals surface area contributed by atoms with Gasteiger partial charge in [0.1, 0.15) is 5.82 Å². The van der Waals surface area contributed by atoms with Gasteiger partial charge in [0.15, 0.2) is 0 Å². The molecule has 1 fully saturated rings. The fourth-order valence-electron chi connectivity index (χ4n) is 4.71. The van der Waals surface area contributed by atoms with Gasteiger partial charge in [-0.25, -0.2) is 4.98 Å². The number of aromatic nitrogens is 3. The van der Waals surface area contributed by atoms with E-state index >= 15 is 0 Å². The quantitative estimate of drug-likeness (QED) is 0.320. The number of hydrogen-bond donors (Lipinski definition) is 3. The highest BCUT2D eigenvalue weighted by Crippen LogP contribution is 2.26. The molecule has 2 amide bonds. The maximum absolute atomic E-state index is 13.3. The Morgan fingerprint density at radius 3 is 2.70 bits per heavy atom. The molecule has 10 heteroatoms. The molecule has 1 unspecified atom stereocenters. The molecule has 2 aromatic carbocycles. The molecular weight excluding hydrogens is 511 g/mol. The molecule has 0 aliphatic carbocycles. The van der Waals surface area contributed by atoms with Crippen molar-refractivity contribution in [3.8, 4) is 0 Å². The van der Waals surface area contributed by atoms with Gasteiger partial charge < -0.3 is 20.9 Å². The summed E-state index contributed by atoms with van der Waals surface area (Å²) >= 11 is 12.6. The van der Waals surface area contributed by atoms with Crippen LogP contribution in [0.5, 0.6) is 0 Å². The number of amides is 2. The van der Waals surface area contributed by atoms with Gasteiger partial charge in [0.25, 0.3) is 11.8 Å². The highest BCUT2D eigenvalue weighted by molar-refractivity contribution is 6.34. The van der Waals surface area contributed by atoms with Crippen molar-refractivity contribution in [2.75, 3.05) is 13.1 Å². The summed E-state index contributed by atoms with van der Waals surface area (Å²) in [6.45, 7) is 1.06. The zero-order valence-electron chi connectivity index (χ0n) is 20.0. The van der Waals surface area contributed by atoms with Gasteiger partial charge in [-0.2, -0.15) is 0 Å². The minimum Gasteiger partial charge on any atom is -0.342 e. The minimum absolute atomic E-state index is 0.0131. The first-order valence-corrected chi connectivity index (χ1v) is 12.8.